The van der Waals surface area contributed by atoms with Crippen LogP contribution in [0, 0.1) is 0 Å². The van der Waals surface area contributed by atoms with E-state index in [1.807, 2.05) is 14.1 Å². The summed E-state index contributed by atoms with van der Waals surface area (Å²) in [6.07, 6.45) is 6.09. The van der Waals surface area contributed by atoms with Crippen LogP contribution in [0.5, 0.6) is 0 Å². The van der Waals surface area contributed by atoms with Crippen LogP contribution in [0.2, 0.25) is 0 Å². The molecule has 0 bridgehead atoms. The molecule has 17 heavy (non-hydrogen) atoms. The summed E-state index contributed by atoms with van der Waals surface area (Å²) < 4.78 is 0. The molecule has 4 nitrogen and oxygen atoms in total. The number of carbonyl (C=O) groups is 1. The van der Waals surface area contributed by atoms with E-state index in [1.165, 1.54) is 19.3 Å². The largest absolute Gasteiger partial charge is 0.347 e. The zero-order valence-corrected chi connectivity index (χ0v) is 11.1. The second-order valence-electron chi connectivity index (χ2n) is 5.53. The Morgan fingerprint density at radius 1 is 1.29 bits per heavy atom. The number of amides is 1. The minimum Gasteiger partial charge on any atom is -0.347 e. The van der Waals surface area contributed by atoms with Gasteiger partial charge >= 0.3 is 0 Å². The molecule has 0 saturated carbocycles. The van der Waals surface area contributed by atoms with Gasteiger partial charge in [0, 0.05) is 26.7 Å². The Kier molecular flexibility index (Phi) is 4.40. The summed E-state index contributed by atoms with van der Waals surface area (Å²) in [5.74, 6) is 0.276. The Balaban J connectivity index is 1.88. The Bertz CT molecular complexity index is 261. The predicted molar refractivity (Wildman–Crippen MR) is 68.9 cm³/mol. The minimum atomic E-state index is 0.133. The summed E-state index contributed by atoms with van der Waals surface area (Å²) in [6.45, 7) is 3.28. The van der Waals surface area contributed by atoms with E-state index in [1.54, 1.807) is 4.90 Å². The second kappa shape index (κ2) is 5.83. The molecule has 2 heterocycles. The molecule has 0 aromatic heterocycles. The molecule has 2 unspecified atom stereocenters. The summed E-state index contributed by atoms with van der Waals surface area (Å²) in [6, 6.07) is 0.730. The summed E-state index contributed by atoms with van der Waals surface area (Å²) in [4.78, 5) is 16.2. The molecule has 4 heteroatoms. The van der Waals surface area contributed by atoms with Gasteiger partial charge in [-0.25, -0.2) is 0 Å². The molecule has 1 amide bonds. The zero-order chi connectivity index (χ0) is 12.3. The maximum atomic E-state index is 12.1. The SMILES string of the molecule is CN(C)C(=O)C1CCCN1CC1CCCCN1. The lowest BCUT2D eigenvalue weighted by Gasteiger charge is -2.32. The molecule has 1 N–H and O–H groups in total. The maximum absolute atomic E-state index is 12.1. The molecule has 0 aromatic rings. The van der Waals surface area contributed by atoms with E-state index in [0.717, 1.165) is 32.5 Å². The summed E-state index contributed by atoms with van der Waals surface area (Å²) in [5.41, 5.74) is 0. The third kappa shape index (κ3) is 3.19. The van der Waals surface area contributed by atoms with Gasteiger partial charge in [0.25, 0.3) is 0 Å². The van der Waals surface area contributed by atoms with E-state index in [0.29, 0.717) is 6.04 Å². The van der Waals surface area contributed by atoms with Crippen LogP contribution in [0.15, 0.2) is 0 Å². The van der Waals surface area contributed by atoms with Gasteiger partial charge in [0.1, 0.15) is 0 Å². The fourth-order valence-electron chi connectivity index (χ4n) is 2.99. The lowest BCUT2D eigenvalue weighted by molar-refractivity contribution is -0.133. The van der Waals surface area contributed by atoms with E-state index in [4.69, 9.17) is 0 Å². The molecule has 2 fully saturated rings. The normalized spacial score (nSPS) is 30.5. The van der Waals surface area contributed by atoms with Crippen LogP contribution in [0.4, 0.5) is 0 Å². The molecule has 0 aliphatic carbocycles. The van der Waals surface area contributed by atoms with E-state index in [2.05, 4.69) is 10.2 Å². The van der Waals surface area contributed by atoms with Gasteiger partial charge in [0.2, 0.25) is 5.91 Å². The predicted octanol–water partition coefficient (Wildman–Crippen LogP) is 0.681. The average Bonchev–Trinajstić information content (AvgIpc) is 2.77. The van der Waals surface area contributed by atoms with Crippen molar-refractivity contribution in [1.29, 1.82) is 0 Å². The highest BCUT2D eigenvalue weighted by Gasteiger charge is 2.32. The van der Waals surface area contributed by atoms with Gasteiger partial charge < -0.3 is 10.2 Å². The number of nitrogens with zero attached hydrogens (tertiary/aromatic N) is 2. The smallest absolute Gasteiger partial charge is 0.239 e. The maximum Gasteiger partial charge on any atom is 0.239 e. The highest BCUT2D eigenvalue weighted by molar-refractivity contribution is 5.81. The van der Waals surface area contributed by atoms with Gasteiger partial charge in [-0.1, -0.05) is 6.42 Å². The number of piperidine rings is 1. The summed E-state index contributed by atoms with van der Waals surface area (Å²) in [5, 5.41) is 3.57. The standard InChI is InChI=1S/C13H25N3O/c1-15(2)13(17)12-7-5-9-16(12)10-11-6-3-4-8-14-11/h11-12,14H,3-10H2,1-2H3. The van der Waals surface area contributed by atoms with Crippen molar-refractivity contribution in [3.8, 4) is 0 Å². The molecule has 2 saturated heterocycles. The van der Waals surface area contributed by atoms with Crippen LogP contribution in [0.25, 0.3) is 0 Å². The molecule has 0 radical (unpaired) electrons. The van der Waals surface area contributed by atoms with Crippen LogP contribution < -0.4 is 5.32 Å². The minimum absolute atomic E-state index is 0.133. The molecular weight excluding hydrogens is 214 g/mol. The number of hydrogen-bond acceptors (Lipinski definition) is 3. The van der Waals surface area contributed by atoms with Crippen LogP contribution in [0.1, 0.15) is 32.1 Å². The lowest BCUT2D eigenvalue weighted by atomic mass is 10.0. The van der Waals surface area contributed by atoms with Gasteiger partial charge in [-0.15, -0.1) is 0 Å². The number of nitrogens with one attached hydrogen (secondary N) is 1. The van der Waals surface area contributed by atoms with Crippen molar-refractivity contribution in [3.63, 3.8) is 0 Å². The first-order valence-electron chi connectivity index (χ1n) is 6.87. The first-order chi connectivity index (χ1) is 8.18. The van der Waals surface area contributed by atoms with Crippen molar-refractivity contribution in [2.24, 2.45) is 0 Å². The molecule has 2 rings (SSSR count). The van der Waals surface area contributed by atoms with E-state index in [9.17, 15) is 4.79 Å². The molecule has 2 atom stereocenters. The van der Waals surface area contributed by atoms with Gasteiger partial charge in [0.05, 0.1) is 6.04 Å². The first-order valence-corrected chi connectivity index (χ1v) is 6.87. The number of hydrogen-bond donors (Lipinski definition) is 1. The third-order valence-corrected chi connectivity index (χ3v) is 3.96. The molecular formula is C13H25N3O. The Morgan fingerprint density at radius 3 is 2.76 bits per heavy atom. The number of rotatable bonds is 3. The van der Waals surface area contributed by atoms with Gasteiger partial charge in [-0.2, -0.15) is 0 Å². The van der Waals surface area contributed by atoms with Gasteiger partial charge in [-0.05, 0) is 38.8 Å². The highest BCUT2D eigenvalue weighted by Crippen LogP contribution is 2.20. The highest BCUT2D eigenvalue weighted by atomic mass is 16.2. The molecule has 98 valence electrons. The van der Waals surface area contributed by atoms with E-state index in [-0.39, 0.29) is 11.9 Å². The molecule has 2 aliphatic heterocycles. The number of carbonyl (C=O) groups excluding carboxylic acids is 1. The summed E-state index contributed by atoms with van der Waals surface area (Å²) >= 11 is 0. The fourth-order valence-corrected chi connectivity index (χ4v) is 2.99. The zero-order valence-electron chi connectivity index (χ0n) is 11.1. The van der Waals surface area contributed by atoms with Crippen LogP contribution in [0.3, 0.4) is 0 Å². The lowest BCUT2D eigenvalue weighted by Crippen LogP contribution is -2.49. The van der Waals surface area contributed by atoms with Crippen LogP contribution >= 0.6 is 0 Å². The van der Waals surface area contributed by atoms with Crippen LogP contribution in [-0.2, 0) is 4.79 Å². The van der Waals surface area contributed by atoms with Gasteiger partial charge in [-0.3, -0.25) is 9.69 Å². The Morgan fingerprint density at radius 2 is 2.12 bits per heavy atom. The monoisotopic (exact) mass is 239 g/mol. The van der Waals surface area contributed by atoms with Gasteiger partial charge in [0.15, 0.2) is 0 Å². The third-order valence-electron chi connectivity index (χ3n) is 3.96. The quantitative estimate of drug-likeness (QED) is 0.787. The van der Waals surface area contributed by atoms with Crippen molar-refractivity contribution in [2.75, 3.05) is 33.7 Å². The van der Waals surface area contributed by atoms with Crippen LogP contribution in [-0.4, -0.2) is 61.5 Å². The van der Waals surface area contributed by atoms with Crippen molar-refractivity contribution >= 4 is 5.91 Å². The molecule has 0 aromatic carbocycles. The average molecular weight is 239 g/mol. The Labute approximate surface area is 104 Å². The molecule has 2 aliphatic rings. The fraction of sp³-hybridized carbons (Fsp3) is 0.923. The van der Waals surface area contributed by atoms with E-state index >= 15 is 0 Å². The van der Waals surface area contributed by atoms with Crippen molar-refractivity contribution < 1.29 is 4.79 Å². The molecule has 0 spiro atoms. The van der Waals surface area contributed by atoms with E-state index < -0.39 is 0 Å². The Hall–Kier alpha value is -0.610. The first kappa shape index (κ1) is 12.8. The number of likely N-dealkylation sites (tertiary alicyclic amines) is 1. The summed E-state index contributed by atoms with van der Waals surface area (Å²) in [7, 11) is 3.72. The van der Waals surface area contributed by atoms with Crippen molar-refractivity contribution in [3.05, 3.63) is 0 Å². The van der Waals surface area contributed by atoms with Crippen molar-refractivity contribution in [2.45, 2.75) is 44.2 Å². The van der Waals surface area contributed by atoms with Crippen molar-refractivity contribution in [1.82, 2.24) is 15.1 Å². The number of likely N-dealkylation sites (N-methyl/N-ethyl adjacent to an activating group) is 1. The topological polar surface area (TPSA) is 35.6 Å². The second-order valence-corrected chi connectivity index (χ2v) is 5.53.